The van der Waals surface area contributed by atoms with Crippen LogP contribution in [0.15, 0.2) is 30.5 Å². The van der Waals surface area contributed by atoms with E-state index in [9.17, 15) is 0 Å². The summed E-state index contributed by atoms with van der Waals surface area (Å²) in [5.41, 5.74) is 2.73. The molecule has 0 N–H and O–H groups in total. The summed E-state index contributed by atoms with van der Waals surface area (Å²) in [5.74, 6) is 0. The Hall–Kier alpha value is -2.05. The van der Waals surface area contributed by atoms with Gasteiger partial charge < -0.3 is 4.40 Å². The van der Waals surface area contributed by atoms with E-state index in [1.54, 1.807) is 0 Å². The smallest absolute Gasteiger partial charge is 0.145 e. The lowest BCUT2D eigenvalue weighted by atomic mass is 10.2. The van der Waals surface area contributed by atoms with Gasteiger partial charge in [0.05, 0.1) is 23.9 Å². The van der Waals surface area contributed by atoms with Crippen molar-refractivity contribution in [3.8, 4) is 6.07 Å². The maximum Gasteiger partial charge on any atom is 0.145 e. The molecule has 2 heterocycles. The number of benzene rings is 1. The molecule has 0 saturated heterocycles. The molecule has 0 bridgehead atoms. The van der Waals surface area contributed by atoms with Gasteiger partial charge in [-0.1, -0.05) is 11.6 Å². The van der Waals surface area contributed by atoms with Crippen molar-refractivity contribution in [3.05, 3.63) is 46.9 Å². The number of imidazole rings is 1. The molecule has 3 rings (SSSR count). The zero-order valence-corrected chi connectivity index (χ0v) is 10.6. The molecule has 2 aromatic heterocycles. The maximum atomic E-state index is 8.86. The quantitative estimate of drug-likeness (QED) is 0.668. The highest BCUT2D eigenvalue weighted by Crippen LogP contribution is 2.24. The fourth-order valence-corrected chi connectivity index (χ4v) is 2.43. The lowest BCUT2D eigenvalue weighted by Gasteiger charge is -2.02. The van der Waals surface area contributed by atoms with E-state index in [0.717, 1.165) is 27.8 Å². The number of aromatic nitrogens is 2. The number of halogens is 1. The first-order valence-electron chi connectivity index (χ1n) is 5.63. The Morgan fingerprint density at radius 1 is 1.39 bits per heavy atom. The van der Waals surface area contributed by atoms with Gasteiger partial charge in [-0.15, -0.1) is 0 Å². The molecule has 0 saturated carbocycles. The van der Waals surface area contributed by atoms with Crippen molar-refractivity contribution in [1.29, 1.82) is 5.26 Å². The first-order chi connectivity index (χ1) is 8.70. The Balaban J connectivity index is 2.42. The molecule has 0 fully saturated rings. The first kappa shape index (κ1) is 11.1. The van der Waals surface area contributed by atoms with E-state index in [-0.39, 0.29) is 0 Å². The number of fused-ring (bicyclic) bond motifs is 3. The molecule has 0 radical (unpaired) electrons. The third-order valence-electron chi connectivity index (χ3n) is 3.11. The lowest BCUT2D eigenvalue weighted by Crippen LogP contribution is -1.93. The summed E-state index contributed by atoms with van der Waals surface area (Å²) in [6.07, 6.45) is 2.31. The molecule has 0 atom stereocenters. The third-order valence-corrected chi connectivity index (χ3v) is 3.35. The van der Waals surface area contributed by atoms with Gasteiger partial charge in [-0.3, -0.25) is 0 Å². The third kappa shape index (κ3) is 1.54. The molecule has 0 amide bonds. The Labute approximate surface area is 109 Å². The molecule has 1 aromatic carbocycles. The largest absolute Gasteiger partial charge is 0.302 e. The van der Waals surface area contributed by atoms with Crippen LogP contribution in [0.25, 0.3) is 16.4 Å². The van der Waals surface area contributed by atoms with Crippen molar-refractivity contribution in [2.45, 2.75) is 13.3 Å². The van der Waals surface area contributed by atoms with Crippen LogP contribution in [0.4, 0.5) is 0 Å². The van der Waals surface area contributed by atoms with E-state index in [1.165, 1.54) is 0 Å². The zero-order chi connectivity index (χ0) is 12.7. The predicted molar refractivity (Wildman–Crippen MR) is 71.8 cm³/mol. The first-order valence-corrected chi connectivity index (χ1v) is 6.01. The number of nitrogens with zero attached hydrogens (tertiary/aromatic N) is 3. The van der Waals surface area contributed by atoms with Gasteiger partial charge >= 0.3 is 0 Å². The second-order valence-corrected chi connectivity index (χ2v) is 4.66. The number of rotatable bonds is 1. The van der Waals surface area contributed by atoms with Crippen LogP contribution >= 0.6 is 11.6 Å². The Morgan fingerprint density at radius 3 is 3.00 bits per heavy atom. The van der Waals surface area contributed by atoms with Gasteiger partial charge in [-0.25, -0.2) is 4.98 Å². The Bertz CT molecular complexity index is 796. The van der Waals surface area contributed by atoms with E-state index in [2.05, 4.69) is 11.1 Å². The number of nitriles is 1. The van der Waals surface area contributed by atoms with E-state index >= 15 is 0 Å². The summed E-state index contributed by atoms with van der Waals surface area (Å²) < 4.78 is 1.98. The van der Waals surface area contributed by atoms with E-state index in [4.69, 9.17) is 16.9 Å². The fraction of sp³-hybridized carbons (Fsp3) is 0.143. The Kier molecular flexibility index (Phi) is 2.46. The van der Waals surface area contributed by atoms with Gasteiger partial charge in [-0.2, -0.15) is 5.26 Å². The van der Waals surface area contributed by atoms with E-state index < -0.39 is 0 Å². The molecule has 4 heteroatoms. The summed E-state index contributed by atoms with van der Waals surface area (Å²) in [6, 6.07) is 9.92. The molecule has 0 aliphatic heterocycles. The van der Waals surface area contributed by atoms with Crippen LogP contribution < -0.4 is 0 Å². The molecular formula is C14H10ClN3. The van der Waals surface area contributed by atoms with Crippen molar-refractivity contribution in [2.24, 2.45) is 0 Å². The van der Waals surface area contributed by atoms with Crippen molar-refractivity contribution in [2.75, 3.05) is 0 Å². The van der Waals surface area contributed by atoms with Crippen LogP contribution in [0, 0.1) is 18.3 Å². The van der Waals surface area contributed by atoms with Gasteiger partial charge in [0.2, 0.25) is 0 Å². The average molecular weight is 256 g/mol. The van der Waals surface area contributed by atoms with Gasteiger partial charge in [0, 0.05) is 16.6 Å². The molecule has 0 aliphatic carbocycles. The molecule has 88 valence electrons. The van der Waals surface area contributed by atoms with E-state index in [0.29, 0.717) is 11.4 Å². The monoisotopic (exact) mass is 255 g/mol. The number of aryl methyl sites for hydroxylation is 1. The van der Waals surface area contributed by atoms with Crippen LogP contribution in [-0.2, 0) is 6.42 Å². The van der Waals surface area contributed by atoms with Gasteiger partial charge in [0.15, 0.2) is 0 Å². The van der Waals surface area contributed by atoms with Gasteiger partial charge in [0.25, 0.3) is 0 Å². The normalized spacial score (nSPS) is 10.9. The second kappa shape index (κ2) is 4.01. The second-order valence-electron chi connectivity index (χ2n) is 4.22. The van der Waals surface area contributed by atoms with E-state index in [1.807, 2.05) is 41.8 Å². The maximum absolute atomic E-state index is 8.86. The summed E-state index contributed by atoms with van der Waals surface area (Å²) >= 11 is 5.99. The highest BCUT2D eigenvalue weighted by atomic mass is 35.5. The minimum Gasteiger partial charge on any atom is -0.302 e. The molecule has 0 aliphatic rings. The summed E-state index contributed by atoms with van der Waals surface area (Å²) in [4.78, 5) is 4.56. The highest BCUT2D eigenvalue weighted by molar-refractivity contribution is 6.31. The van der Waals surface area contributed by atoms with Crippen LogP contribution in [0.5, 0.6) is 0 Å². The zero-order valence-electron chi connectivity index (χ0n) is 9.81. The minimum absolute atomic E-state index is 0.367. The van der Waals surface area contributed by atoms with Crippen LogP contribution in [0.3, 0.4) is 0 Å². The molecule has 3 nitrogen and oxygen atoms in total. The lowest BCUT2D eigenvalue weighted by molar-refractivity contribution is 1.04. The van der Waals surface area contributed by atoms with Crippen molar-refractivity contribution in [1.82, 2.24) is 9.38 Å². The standard InChI is InChI=1S/C14H10ClN3/c1-9-13(4-6-16)18-7-5-10-8-11(15)2-3-12(10)14(18)17-9/h2-3,5,7-8H,4H2,1H3. The molecular weight excluding hydrogens is 246 g/mol. The molecule has 3 aromatic rings. The summed E-state index contributed by atoms with van der Waals surface area (Å²) in [7, 11) is 0. The van der Waals surface area contributed by atoms with Gasteiger partial charge in [0.1, 0.15) is 5.65 Å². The van der Waals surface area contributed by atoms with Gasteiger partial charge in [-0.05, 0) is 36.6 Å². The van der Waals surface area contributed by atoms with Crippen molar-refractivity contribution in [3.63, 3.8) is 0 Å². The number of pyridine rings is 1. The SMILES string of the molecule is Cc1nc2c3ccc(Cl)cc3ccn2c1CC#N. The van der Waals surface area contributed by atoms with Crippen molar-refractivity contribution < 1.29 is 0 Å². The minimum atomic E-state index is 0.367. The highest BCUT2D eigenvalue weighted by Gasteiger charge is 2.10. The fourth-order valence-electron chi connectivity index (χ4n) is 2.25. The molecule has 0 unspecified atom stereocenters. The topological polar surface area (TPSA) is 41.1 Å². The number of hydrogen-bond donors (Lipinski definition) is 0. The van der Waals surface area contributed by atoms with Crippen molar-refractivity contribution >= 4 is 28.0 Å². The molecule has 0 spiro atoms. The number of hydrogen-bond acceptors (Lipinski definition) is 2. The van der Waals surface area contributed by atoms with Crippen LogP contribution in [0.2, 0.25) is 5.02 Å². The summed E-state index contributed by atoms with van der Waals surface area (Å²) in [5, 5.41) is 11.7. The summed E-state index contributed by atoms with van der Waals surface area (Å²) in [6.45, 7) is 1.93. The average Bonchev–Trinajstić information content (AvgIpc) is 2.66. The predicted octanol–water partition coefficient (Wildman–Crippen LogP) is 3.52. The van der Waals surface area contributed by atoms with Crippen LogP contribution in [0.1, 0.15) is 11.4 Å². The molecule has 18 heavy (non-hydrogen) atoms. The van der Waals surface area contributed by atoms with Crippen LogP contribution in [-0.4, -0.2) is 9.38 Å². The Morgan fingerprint density at radius 2 is 2.22 bits per heavy atom.